The highest BCUT2D eigenvalue weighted by atomic mass is 32.2. The van der Waals surface area contributed by atoms with Crippen LogP contribution in [0.15, 0.2) is 23.1 Å². The molecule has 0 aliphatic heterocycles. The number of ether oxygens (including phenoxy) is 1. The first kappa shape index (κ1) is 11.5. The summed E-state index contributed by atoms with van der Waals surface area (Å²) in [6.07, 6.45) is 0. The molecule has 82 valence electrons. The molecule has 0 aliphatic rings. The van der Waals surface area contributed by atoms with Crippen molar-refractivity contribution in [3.8, 4) is 11.5 Å². The number of phenolic OH excluding ortho intramolecular Hbond substituents is 1. The summed E-state index contributed by atoms with van der Waals surface area (Å²) in [5.74, 6) is -1.33. The second-order valence-corrected chi connectivity index (χ2v) is 4.09. The van der Waals surface area contributed by atoms with Crippen LogP contribution in [0.4, 0.5) is 0 Å². The van der Waals surface area contributed by atoms with Crippen LogP contribution < -0.4 is 4.74 Å². The number of hydrogen-bond donors (Lipinski definition) is 2. The van der Waals surface area contributed by atoms with E-state index in [0.29, 0.717) is 0 Å². The van der Waals surface area contributed by atoms with Gasteiger partial charge in [-0.05, 0) is 12.1 Å². The second-order valence-electron chi connectivity index (χ2n) is 2.70. The number of phenols is 1. The summed E-state index contributed by atoms with van der Waals surface area (Å²) in [5.41, 5.74) is 0. The number of aromatic hydroxyl groups is 1. The Morgan fingerprint density at radius 1 is 1.40 bits per heavy atom. The molecule has 0 saturated carbocycles. The SMILES string of the molecule is CC(=O)Oc1ccc(O)c(S(=O)(=O)O)c1. The number of hydrogen-bond acceptors (Lipinski definition) is 5. The molecule has 0 unspecified atom stereocenters. The fourth-order valence-corrected chi connectivity index (χ4v) is 1.53. The molecule has 0 fully saturated rings. The van der Waals surface area contributed by atoms with E-state index in [-0.39, 0.29) is 5.75 Å². The Labute approximate surface area is 85.9 Å². The molecule has 0 aliphatic carbocycles. The van der Waals surface area contributed by atoms with Crippen LogP contribution in [0.1, 0.15) is 6.92 Å². The van der Waals surface area contributed by atoms with Crippen molar-refractivity contribution in [1.82, 2.24) is 0 Å². The van der Waals surface area contributed by atoms with E-state index in [0.717, 1.165) is 19.1 Å². The molecule has 6 nitrogen and oxygen atoms in total. The fraction of sp³-hybridized carbons (Fsp3) is 0.125. The molecule has 0 saturated heterocycles. The Balaban J connectivity index is 3.23. The van der Waals surface area contributed by atoms with Crippen LogP contribution in [-0.2, 0) is 14.9 Å². The first-order valence-electron chi connectivity index (χ1n) is 3.79. The van der Waals surface area contributed by atoms with E-state index in [9.17, 15) is 13.2 Å². The lowest BCUT2D eigenvalue weighted by atomic mass is 10.3. The number of rotatable bonds is 2. The predicted molar refractivity (Wildman–Crippen MR) is 49.2 cm³/mol. The van der Waals surface area contributed by atoms with Crippen LogP contribution in [-0.4, -0.2) is 24.0 Å². The zero-order chi connectivity index (χ0) is 11.6. The number of benzene rings is 1. The highest BCUT2D eigenvalue weighted by molar-refractivity contribution is 7.86. The lowest BCUT2D eigenvalue weighted by molar-refractivity contribution is -0.131. The van der Waals surface area contributed by atoms with Gasteiger partial charge in [-0.3, -0.25) is 9.35 Å². The average molecular weight is 232 g/mol. The molecule has 1 aromatic rings. The summed E-state index contributed by atoms with van der Waals surface area (Å²) < 4.78 is 34.8. The van der Waals surface area contributed by atoms with Gasteiger partial charge in [0.1, 0.15) is 16.4 Å². The van der Waals surface area contributed by atoms with Crippen LogP contribution in [0.3, 0.4) is 0 Å². The van der Waals surface area contributed by atoms with Gasteiger partial charge in [-0.1, -0.05) is 0 Å². The number of carbonyl (C=O) groups is 1. The Kier molecular flexibility index (Phi) is 2.96. The van der Waals surface area contributed by atoms with Crippen LogP contribution in [0.2, 0.25) is 0 Å². The molecule has 0 bridgehead atoms. The van der Waals surface area contributed by atoms with E-state index >= 15 is 0 Å². The third-order valence-corrected chi connectivity index (χ3v) is 2.35. The molecule has 0 atom stereocenters. The van der Waals surface area contributed by atoms with Crippen molar-refractivity contribution < 1.29 is 27.6 Å². The molecule has 0 heterocycles. The van der Waals surface area contributed by atoms with Crippen molar-refractivity contribution in [2.45, 2.75) is 11.8 Å². The summed E-state index contributed by atoms with van der Waals surface area (Å²) in [5, 5.41) is 9.13. The maximum atomic E-state index is 10.7. The molecule has 1 rings (SSSR count). The normalized spacial score (nSPS) is 11.1. The molecule has 0 radical (unpaired) electrons. The van der Waals surface area contributed by atoms with Gasteiger partial charge in [0.15, 0.2) is 0 Å². The fourth-order valence-electron chi connectivity index (χ4n) is 0.931. The van der Waals surface area contributed by atoms with Crippen LogP contribution >= 0.6 is 0 Å². The van der Waals surface area contributed by atoms with Crippen LogP contribution in [0, 0.1) is 0 Å². The molecule has 7 heteroatoms. The topological polar surface area (TPSA) is 101 Å². The van der Waals surface area contributed by atoms with Crippen molar-refractivity contribution in [3.63, 3.8) is 0 Å². The average Bonchev–Trinajstić information content (AvgIpc) is 2.05. The third-order valence-electron chi connectivity index (χ3n) is 1.47. The molecule has 15 heavy (non-hydrogen) atoms. The lowest BCUT2D eigenvalue weighted by Crippen LogP contribution is -2.03. The summed E-state index contributed by atoms with van der Waals surface area (Å²) in [6, 6.07) is 3.05. The van der Waals surface area contributed by atoms with E-state index in [2.05, 4.69) is 4.74 Å². The van der Waals surface area contributed by atoms with Crippen molar-refractivity contribution in [1.29, 1.82) is 0 Å². The van der Waals surface area contributed by atoms with Gasteiger partial charge in [-0.25, -0.2) is 0 Å². The molecule has 1 aromatic carbocycles. The molecule has 0 aromatic heterocycles. The van der Waals surface area contributed by atoms with Crippen LogP contribution in [0.5, 0.6) is 11.5 Å². The minimum atomic E-state index is -4.53. The van der Waals surface area contributed by atoms with Gasteiger partial charge in [-0.15, -0.1) is 0 Å². The van der Waals surface area contributed by atoms with E-state index in [1.807, 2.05) is 0 Å². The van der Waals surface area contributed by atoms with E-state index in [1.54, 1.807) is 0 Å². The Hall–Kier alpha value is -1.60. The first-order valence-corrected chi connectivity index (χ1v) is 5.23. The van der Waals surface area contributed by atoms with Crippen molar-refractivity contribution >= 4 is 16.1 Å². The molecule has 2 N–H and O–H groups in total. The number of carbonyl (C=O) groups excluding carboxylic acids is 1. The lowest BCUT2D eigenvalue weighted by Gasteiger charge is -2.04. The van der Waals surface area contributed by atoms with Gasteiger partial charge >= 0.3 is 5.97 Å². The maximum absolute atomic E-state index is 10.7. The second kappa shape index (κ2) is 3.87. The zero-order valence-electron chi connectivity index (χ0n) is 7.67. The van der Waals surface area contributed by atoms with Crippen molar-refractivity contribution in [3.05, 3.63) is 18.2 Å². The summed E-state index contributed by atoms with van der Waals surface area (Å²) >= 11 is 0. The number of esters is 1. The Morgan fingerprint density at radius 2 is 2.00 bits per heavy atom. The van der Waals surface area contributed by atoms with Crippen LogP contribution in [0.25, 0.3) is 0 Å². The quantitative estimate of drug-likeness (QED) is 0.439. The highest BCUT2D eigenvalue weighted by Gasteiger charge is 2.16. The third kappa shape index (κ3) is 2.93. The minimum absolute atomic E-state index is 0.0760. The minimum Gasteiger partial charge on any atom is -0.506 e. The highest BCUT2D eigenvalue weighted by Crippen LogP contribution is 2.26. The molecule has 0 amide bonds. The van der Waals surface area contributed by atoms with E-state index in [1.165, 1.54) is 6.07 Å². The summed E-state index contributed by atoms with van der Waals surface area (Å²) in [7, 11) is -4.53. The summed E-state index contributed by atoms with van der Waals surface area (Å²) in [6.45, 7) is 1.14. The largest absolute Gasteiger partial charge is 0.506 e. The standard InChI is InChI=1S/C8H8O6S/c1-5(9)14-6-2-3-7(10)8(4-6)15(11,12)13/h2-4,10H,1H3,(H,11,12,13). The van der Waals surface area contributed by atoms with Crippen molar-refractivity contribution in [2.24, 2.45) is 0 Å². The Morgan fingerprint density at radius 3 is 2.47 bits per heavy atom. The first-order chi connectivity index (χ1) is 6.80. The van der Waals surface area contributed by atoms with Crippen molar-refractivity contribution in [2.75, 3.05) is 0 Å². The summed E-state index contributed by atoms with van der Waals surface area (Å²) in [4.78, 5) is 9.86. The van der Waals surface area contributed by atoms with Gasteiger partial charge in [0, 0.05) is 13.0 Å². The van der Waals surface area contributed by atoms with E-state index in [4.69, 9.17) is 9.66 Å². The Bertz CT molecular complexity index is 490. The smallest absolute Gasteiger partial charge is 0.308 e. The maximum Gasteiger partial charge on any atom is 0.308 e. The van der Waals surface area contributed by atoms with Gasteiger partial charge < -0.3 is 9.84 Å². The molecular formula is C8H8O6S. The molecule has 0 spiro atoms. The van der Waals surface area contributed by atoms with Gasteiger partial charge in [0.25, 0.3) is 10.1 Å². The van der Waals surface area contributed by atoms with Gasteiger partial charge in [0.05, 0.1) is 0 Å². The predicted octanol–water partition coefficient (Wildman–Crippen LogP) is 0.564. The molecular weight excluding hydrogens is 224 g/mol. The van der Waals surface area contributed by atoms with E-state index < -0.39 is 26.7 Å². The van der Waals surface area contributed by atoms with Gasteiger partial charge in [0.2, 0.25) is 0 Å². The monoisotopic (exact) mass is 232 g/mol. The van der Waals surface area contributed by atoms with Gasteiger partial charge in [-0.2, -0.15) is 8.42 Å². The zero-order valence-corrected chi connectivity index (χ0v) is 8.48.